The highest BCUT2D eigenvalue weighted by Gasteiger charge is 2.33. The molecule has 1 aliphatic rings. The normalized spacial score (nSPS) is 24.1. The summed E-state index contributed by atoms with van der Waals surface area (Å²) in [7, 11) is 0. The lowest BCUT2D eigenvalue weighted by Crippen LogP contribution is -2.30. The largest absolute Gasteiger partial charge is 0.398 e. The molecule has 0 aromatic heterocycles. The van der Waals surface area contributed by atoms with Crippen LogP contribution in [-0.2, 0) is 0 Å². The zero-order valence-corrected chi connectivity index (χ0v) is 9.76. The molecule has 0 bridgehead atoms. The maximum absolute atomic E-state index is 12.1. The average molecular weight is 257 g/mol. The van der Waals surface area contributed by atoms with Crippen molar-refractivity contribution in [3.05, 3.63) is 28.8 Å². The minimum Gasteiger partial charge on any atom is -0.398 e. The Balaban J connectivity index is 2.24. The van der Waals surface area contributed by atoms with E-state index in [1.54, 1.807) is 18.2 Å². The van der Waals surface area contributed by atoms with Gasteiger partial charge in [-0.25, -0.2) is 0 Å². The van der Waals surface area contributed by atoms with Crippen LogP contribution in [0.3, 0.4) is 0 Å². The number of halogens is 1. The highest BCUT2D eigenvalue weighted by atomic mass is 35.5. The molecule has 1 aromatic rings. The van der Waals surface area contributed by atoms with Gasteiger partial charge in [-0.3, -0.25) is 4.79 Å². The Kier molecular flexibility index (Phi) is 3.24. The number of nitrogens with zero attached hydrogens (tertiary/aromatic N) is 1. The van der Waals surface area contributed by atoms with Crippen molar-refractivity contribution in [2.75, 3.05) is 18.8 Å². The van der Waals surface area contributed by atoms with E-state index in [0.29, 0.717) is 5.69 Å². The fourth-order valence-corrected chi connectivity index (χ4v) is 2.03. The van der Waals surface area contributed by atoms with Crippen molar-refractivity contribution in [2.45, 2.75) is 12.2 Å². The van der Waals surface area contributed by atoms with Crippen molar-refractivity contribution in [3.8, 4) is 0 Å². The van der Waals surface area contributed by atoms with Gasteiger partial charge in [-0.05, 0) is 12.1 Å². The van der Waals surface area contributed by atoms with Crippen molar-refractivity contribution in [1.29, 1.82) is 0 Å². The van der Waals surface area contributed by atoms with Crippen LogP contribution >= 0.6 is 11.6 Å². The van der Waals surface area contributed by atoms with Gasteiger partial charge in [0.05, 0.1) is 28.5 Å². The van der Waals surface area contributed by atoms with Crippen LogP contribution in [0.15, 0.2) is 18.2 Å². The molecule has 1 aliphatic heterocycles. The van der Waals surface area contributed by atoms with Gasteiger partial charge in [0.25, 0.3) is 5.91 Å². The van der Waals surface area contributed by atoms with E-state index in [4.69, 9.17) is 17.3 Å². The van der Waals surface area contributed by atoms with Gasteiger partial charge in [0.1, 0.15) is 0 Å². The van der Waals surface area contributed by atoms with E-state index in [9.17, 15) is 15.0 Å². The molecule has 0 unspecified atom stereocenters. The molecule has 2 atom stereocenters. The Morgan fingerprint density at radius 1 is 1.35 bits per heavy atom. The molecule has 0 aliphatic carbocycles. The first-order valence-corrected chi connectivity index (χ1v) is 5.58. The minimum atomic E-state index is -0.904. The van der Waals surface area contributed by atoms with E-state index in [1.807, 2.05) is 0 Å². The molecule has 1 amide bonds. The summed E-state index contributed by atoms with van der Waals surface area (Å²) in [5, 5.41) is 19.0. The number of aliphatic hydroxyl groups excluding tert-OH is 2. The van der Waals surface area contributed by atoms with Crippen LogP contribution in [0.25, 0.3) is 0 Å². The van der Waals surface area contributed by atoms with Crippen LogP contribution in [0.1, 0.15) is 10.4 Å². The van der Waals surface area contributed by atoms with Gasteiger partial charge in [-0.15, -0.1) is 0 Å². The summed E-state index contributed by atoms with van der Waals surface area (Å²) in [6.07, 6.45) is -1.81. The maximum atomic E-state index is 12.1. The number of nitrogen functional groups attached to an aromatic ring is 1. The summed E-state index contributed by atoms with van der Waals surface area (Å²) in [6, 6.07) is 4.81. The number of nitrogens with two attached hydrogens (primary N) is 1. The SMILES string of the molecule is Nc1cccc(C(=O)N2C[C@@H](O)[C@@H](O)C2)c1Cl. The van der Waals surface area contributed by atoms with E-state index in [0.717, 1.165) is 0 Å². The van der Waals surface area contributed by atoms with Gasteiger partial charge < -0.3 is 20.8 Å². The fraction of sp³-hybridized carbons (Fsp3) is 0.364. The van der Waals surface area contributed by atoms with Crippen LogP contribution in [0, 0.1) is 0 Å². The molecule has 17 heavy (non-hydrogen) atoms. The summed E-state index contributed by atoms with van der Waals surface area (Å²) in [5.74, 6) is -0.335. The number of carbonyl (C=O) groups excluding carboxylic acids is 1. The van der Waals surface area contributed by atoms with Crippen LogP contribution in [0.4, 0.5) is 5.69 Å². The Labute approximate surface area is 103 Å². The molecule has 2 rings (SSSR count). The van der Waals surface area contributed by atoms with Crippen molar-refractivity contribution in [3.63, 3.8) is 0 Å². The Morgan fingerprint density at radius 2 is 1.94 bits per heavy atom. The number of β-amino-alcohol motifs (C(OH)–C–C–N with tert-alkyl or cyclic N) is 2. The van der Waals surface area contributed by atoms with Crippen LogP contribution < -0.4 is 5.73 Å². The molecule has 6 heteroatoms. The molecular formula is C11H13ClN2O3. The highest BCUT2D eigenvalue weighted by Crippen LogP contribution is 2.25. The molecule has 1 saturated heterocycles. The summed E-state index contributed by atoms with van der Waals surface area (Å²) in [5.41, 5.74) is 6.23. The number of amides is 1. The third kappa shape index (κ3) is 2.22. The van der Waals surface area contributed by atoms with Crippen molar-refractivity contribution in [2.24, 2.45) is 0 Å². The lowest BCUT2D eigenvalue weighted by molar-refractivity contribution is 0.0572. The highest BCUT2D eigenvalue weighted by molar-refractivity contribution is 6.36. The molecule has 0 radical (unpaired) electrons. The van der Waals surface area contributed by atoms with Crippen molar-refractivity contribution >= 4 is 23.2 Å². The number of hydrogen-bond donors (Lipinski definition) is 3. The van der Waals surface area contributed by atoms with Gasteiger partial charge >= 0.3 is 0 Å². The zero-order valence-electron chi connectivity index (χ0n) is 9.01. The van der Waals surface area contributed by atoms with Crippen LogP contribution in [0.2, 0.25) is 5.02 Å². The van der Waals surface area contributed by atoms with E-state index in [1.165, 1.54) is 4.90 Å². The quantitative estimate of drug-likeness (QED) is 0.622. The standard InChI is InChI=1S/C11H13ClN2O3/c12-10-6(2-1-3-7(10)13)11(17)14-4-8(15)9(16)5-14/h1-3,8-9,15-16H,4-5,13H2/t8-,9+. The fourth-order valence-electron chi connectivity index (χ4n) is 1.82. The number of hydrogen-bond acceptors (Lipinski definition) is 4. The van der Waals surface area contributed by atoms with Gasteiger partial charge in [0.15, 0.2) is 0 Å². The second-order valence-electron chi connectivity index (χ2n) is 4.05. The van der Waals surface area contributed by atoms with Gasteiger partial charge in [0, 0.05) is 13.1 Å². The van der Waals surface area contributed by atoms with E-state index >= 15 is 0 Å². The Bertz CT molecular complexity index is 442. The summed E-state index contributed by atoms with van der Waals surface area (Å²) in [4.78, 5) is 13.4. The number of likely N-dealkylation sites (tertiary alicyclic amines) is 1. The minimum absolute atomic E-state index is 0.102. The summed E-state index contributed by atoms with van der Waals surface area (Å²) < 4.78 is 0. The van der Waals surface area contributed by atoms with Gasteiger partial charge in [-0.1, -0.05) is 17.7 Å². The van der Waals surface area contributed by atoms with Crippen LogP contribution in [-0.4, -0.2) is 46.3 Å². The predicted octanol–water partition coefficient (Wildman–Crippen LogP) is 0.0998. The third-order valence-electron chi connectivity index (χ3n) is 2.81. The van der Waals surface area contributed by atoms with E-state index < -0.39 is 12.2 Å². The number of carbonyl (C=O) groups is 1. The molecule has 1 aromatic carbocycles. The first-order chi connectivity index (χ1) is 8.00. The predicted molar refractivity (Wildman–Crippen MR) is 63.8 cm³/mol. The molecule has 1 fully saturated rings. The second-order valence-corrected chi connectivity index (χ2v) is 4.43. The van der Waals surface area contributed by atoms with Crippen molar-refractivity contribution in [1.82, 2.24) is 4.90 Å². The molecular weight excluding hydrogens is 244 g/mol. The lowest BCUT2D eigenvalue weighted by Gasteiger charge is -2.16. The first kappa shape index (κ1) is 12.2. The Morgan fingerprint density at radius 3 is 2.53 bits per heavy atom. The summed E-state index contributed by atoms with van der Waals surface area (Å²) in [6.45, 7) is 0.205. The average Bonchev–Trinajstić information content (AvgIpc) is 2.62. The molecule has 0 saturated carbocycles. The smallest absolute Gasteiger partial charge is 0.255 e. The van der Waals surface area contributed by atoms with Gasteiger partial charge in [-0.2, -0.15) is 0 Å². The molecule has 1 heterocycles. The molecule has 5 nitrogen and oxygen atoms in total. The zero-order chi connectivity index (χ0) is 12.6. The lowest BCUT2D eigenvalue weighted by atomic mass is 10.2. The van der Waals surface area contributed by atoms with E-state index in [-0.39, 0.29) is 29.6 Å². The molecule has 0 spiro atoms. The van der Waals surface area contributed by atoms with Crippen LogP contribution in [0.5, 0.6) is 0 Å². The number of rotatable bonds is 1. The van der Waals surface area contributed by atoms with Gasteiger partial charge in [0.2, 0.25) is 0 Å². The van der Waals surface area contributed by atoms with E-state index in [2.05, 4.69) is 0 Å². The number of aliphatic hydroxyl groups is 2. The molecule has 4 N–H and O–H groups in total. The monoisotopic (exact) mass is 256 g/mol. The first-order valence-electron chi connectivity index (χ1n) is 5.20. The number of anilines is 1. The van der Waals surface area contributed by atoms with Crippen molar-refractivity contribution < 1.29 is 15.0 Å². The second kappa shape index (κ2) is 4.52. The maximum Gasteiger partial charge on any atom is 0.255 e. The summed E-state index contributed by atoms with van der Waals surface area (Å²) >= 11 is 5.94. The third-order valence-corrected chi connectivity index (χ3v) is 3.23. The topological polar surface area (TPSA) is 86.8 Å². The molecule has 92 valence electrons. The Hall–Kier alpha value is -1.30. The number of benzene rings is 1.